The lowest BCUT2D eigenvalue weighted by molar-refractivity contribution is -0.122. The molecule has 4 amide bonds. The smallest absolute Gasteiger partial charge is 0.335 e. The molecule has 0 aromatic heterocycles. The number of benzene rings is 2. The summed E-state index contributed by atoms with van der Waals surface area (Å²) in [5, 5.41) is 12.0. The number of hydrogen-bond acceptors (Lipinski definition) is 4. The number of carbonyl (C=O) groups excluding carboxylic acids is 3. The van der Waals surface area contributed by atoms with Crippen LogP contribution in [0.1, 0.15) is 11.1 Å². The van der Waals surface area contributed by atoms with Crippen LogP contribution < -0.4 is 10.2 Å². The van der Waals surface area contributed by atoms with Crippen molar-refractivity contribution in [3.8, 4) is 5.75 Å². The van der Waals surface area contributed by atoms with Crippen LogP contribution >= 0.6 is 23.2 Å². The van der Waals surface area contributed by atoms with Crippen LogP contribution in [0.3, 0.4) is 0 Å². The molecule has 0 aliphatic carbocycles. The number of nitrogens with one attached hydrogen (secondary N) is 1. The Hall–Kier alpha value is -2.83. The third kappa shape index (κ3) is 3.29. The van der Waals surface area contributed by atoms with Crippen molar-refractivity contribution in [1.82, 2.24) is 5.32 Å². The summed E-state index contributed by atoms with van der Waals surface area (Å²) in [7, 11) is 0. The molecular formula is C18H12Cl2N2O4. The van der Waals surface area contributed by atoms with Crippen molar-refractivity contribution < 1.29 is 19.5 Å². The number of halogens is 2. The van der Waals surface area contributed by atoms with Crippen molar-refractivity contribution in [1.29, 1.82) is 0 Å². The summed E-state index contributed by atoms with van der Waals surface area (Å²) in [5.74, 6) is -1.74. The van der Waals surface area contributed by atoms with Gasteiger partial charge in [0.05, 0.1) is 10.7 Å². The summed E-state index contributed by atoms with van der Waals surface area (Å²) in [6.45, 7) is 1.79. The minimum absolute atomic E-state index is 0.0706. The number of phenols is 1. The molecule has 0 radical (unpaired) electrons. The minimum atomic E-state index is -0.860. The van der Waals surface area contributed by atoms with Gasteiger partial charge in [-0.3, -0.25) is 14.9 Å². The van der Waals surface area contributed by atoms with Crippen molar-refractivity contribution in [2.75, 3.05) is 4.90 Å². The van der Waals surface area contributed by atoms with Gasteiger partial charge >= 0.3 is 6.03 Å². The predicted molar refractivity (Wildman–Crippen MR) is 98.3 cm³/mol. The Balaban J connectivity index is 2.03. The zero-order valence-corrected chi connectivity index (χ0v) is 14.9. The summed E-state index contributed by atoms with van der Waals surface area (Å²) < 4.78 is 0. The Morgan fingerprint density at radius 3 is 2.42 bits per heavy atom. The molecule has 1 heterocycles. The lowest BCUT2D eigenvalue weighted by Crippen LogP contribution is -2.54. The number of amides is 4. The van der Waals surface area contributed by atoms with E-state index >= 15 is 0 Å². The van der Waals surface area contributed by atoms with Crippen LogP contribution in [0.15, 0.2) is 42.0 Å². The maximum Gasteiger partial charge on any atom is 0.335 e. The second-order valence-electron chi connectivity index (χ2n) is 5.60. The molecule has 2 aromatic carbocycles. The summed E-state index contributed by atoms with van der Waals surface area (Å²) in [4.78, 5) is 37.9. The highest BCUT2D eigenvalue weighted by Crippen LogP contribution is 2.28. The number of aryl methyl sites for hydroxylation is 1. The van der Waals surface area contributed by atoms with Gasteiger partial charge in [-0.25, -0.2) is 9.69 Å². The molecule has 0 saturated carbocycles. The molecule has 132 valence electrons. The Labute approximate surface area is 158 Å². The van der Waals surface area contributed by atoms with E-state index in [0.717, 1.165) is 10.5 Å². The zero-order valence-electron chi connectivity index (χ0n) is 13.4. The van der Waals surface area contributed by atoms with E-state index in [0.29, 0.717) is 10.6 Å². The van der Waals surface area contributed by atoms with Gasteiger partial charge < -0.3 is 5.11 Å². The molecule has 8 heteroatoms. The quantitative estimate of drug-likeness (QED) is 0.604. The topological polar surface area (TPSA) is 86.7 Å². The Morgan fingerprint density at radius 2 is 1.77 bits per heavy atom. The molecule has 2 N–H and O–H groups in total. The Bertz CT molecular complexity index is 985. The van der Waals surface area contributed by atoms with Crippen molar-refractivity contribution in [3.05, 3.63) is 63.1 Å². The van der Waals surface area contributed by atoms with Crippen LogP contribution in [0.4, 0.5) is 10.5 Å². The first-order valence-electron chi connectivity index (χ1n) is 7.44. The second kappa shape index (κ2) is 6.82. The van der Waals surface area contributed by atoms with E-state index in [-0.39, 0.29) is 22.0 Å². The van der Waals surface area contributed by atoms with E-state index in [9.17, 15) is 19.5 Å². The van der Waals surface area contributed by atoms with Crippen LogP contribution in [0.25, 0.3) is 6.08 Å². The van der Waals surface area contributed by atoms with Crippen LogP contribution in [0, 0.1) is 6.92 Å². The Morgan fingerprint density at radius 1 is 1.04 bits per heavy atom. The van der Waals surface area contributed by atoms with E-state index in [4.69, 9.17) is 23.2 Å². The maximum absolute atomic E-state index is 12.7. The molecule has 0 bridgehead atoms. The van der Waals surface area contributed by atoms with Gasteiger partial charge in [-0.1, -0.05) is 35.3 Å². The second-order valence-corrected chi connectivity index (χ2v) is 6.42. The van der Waals surface area contributed by atoms with E-state index in [1.807, 2.05) is 0 Å². The largest absolute Gasteiger partial charge is 0.506 e. The van der Waals surface area contributed by atoms with Crippen molar-refractivity contribution in [3.63, 3.8) is 0 Å². The van der Waals surface area contributed by atoms with E-state index in [1.165, 1.54) is 30.3 Å². The lowest BCUT2D eigenvalue weighted by atomic mass is 10.1. The van der Waals surface area contributed by atoms with Crippen LogP contribution in [-0.2, 0) is 9.59 Å². The van der Waals surface area contributed by atoms with Crippen LogP contribution in [0.2, 0.25) is 10.0 Å². The number of hydrogen-bond donors (Lipinski definition) is 2. The summed E-state index contributed by atoms with van der Waals surface area (Å²) >= 11 is 11.9. The normalized spacial score (nSPS) is 16.2. The van der Waals surface area contributed by atoms with Gasteiger partial charge in [0.2, 0.25) is 0 Å². The molecule has 1 aliphatic heterocycles. The lowest BCUT2D eigenvalue weighted by Gasteiger charge is -2.26. The monoisotopic (exact) mass is 390 g/mol. The third-order valence-electron chi connectivity index (χ3n) is 3.80. The summed E-state index contributed by atoms with van der Waals surface area (Å²) in [5.41, 5.74) is 1.20. The molecule has 6 nitrogen and oxygen atoms in total. The average molecular weight is 391 g/mol. The van der Waals surface area contributed by atoms with Crippen molar-refractivity contribution >= 4 is 52.8 Å². The molecule has 26 heavy (non-hydrogen) atoms. The molecule has 0 unspecified atom stereocenters. The molecule has 0 atom stereocenters. The van der Waals surface area contributed by atoms with Gasteiger partial charge in [0.15, 0.2) is 0 Å². The first-order chi connectivity index (χ1) is 12.3. The van der Waals surface area contributed by atoms with Crippen molar-refractivity contribution in [2.45, 2.75) is 6.92 Å². The van der Waals surface area contributed by atoms with Crippen LogP contribution in [0.5, 0.6) is 5.75 Å². The van der Waals surface area contributed by atoms with Gasteiger partial charge in [0, 0.05) is 5.02 Å². The van der Waals surface area contributed by atoms with Gasteiger partial charge in [-0.2, -0.15) is 0 Å². The number of carbonyl (C=O) groups is 3. The highest BCUT2D eigenvalue weighted by molar-refractivity contribution is 6.39. The SMILES string of the molecule is Cc1ccc(N2C(=O)NC(=O)/C(=C\c3ccc(O)c(Cl)c3)C2=O)cc1Cl. The zero-order chi connectivity index (χ0) is 19.0. The number of imide groups is 2. The van der Waals surface area contributed by atoms with E-state index in [2.05, 4.69) is 5.32 Å². The molecule has 1 aliphatic rings. The summed E-state index contributed by atoms with van der Waals surface area (Å²) in [6, 6.07) is 8.05. The third-order valence-corrected chi connectivity index (χ3v) is 4.51. The molecular weight excluding hydrogens is 379 g/mol. The number of phenolic OH excluding ortho intramolecular Hbond substituents is 1. The van der Waals surface area contributed by atoms with Gasteiger partial charge in [0.25, 0.3) is 11.8 Å². The Kier molecular flexibility index (Phi) is 4.71. The number of barbiturate groups is 1. The van der Waals surface area contributed by atoms with E-state index < -0.39 is 17.8 Å². The fourth-order valence-corrected chi connectivity index (χ4v) is 2.76. The number of aromatic hydroxyl groups is 1. The molecule has 1 saturated heterocycles. The first kappa shape index (κ1) is 18.0. The predicted octanol–water partition coefficient (Wildman–Crippen LogP) is 3.67. The maximum atomic E-state index is 12.7. The molecule has 2 aromatic rings. The fraction of sp³-hybridized carbons (Fsp3) is 0.0556. The molecule has 0 spiro atoms. The number of urea groups is 1. The van der Waals surface area contributed by atoms with Crippen molar-refractivity contribution in [2.24, 2.45) is 0 Å². The number of rotatable bonds is 2. The van der Waals surface area contributed by atoms with Gasteiger partial charge in [-0.15, -0.1) is 0 Å². The molecule has 3 rings (SSSR count). The standard InChI is InChI=1S/C18H12Cl2N2O4/c1-9-2-4-11(8-13(9)19)22-17(25)12(16(24)21-18(22)26)6-10-3-5-15(23)14(20)7-10/h2-8,23H,1H3,(H,21,24,26)/b12-6+. The fourth-order valence-electron chi connectivity index (χ4n) is 2.39. The number of nitrogens with zero attached hydrogens (tertiary/aromatic N) is 1. The van der Waals surface area contributed by atoms with Crippen LogP contribution in [-0.4, -0.2) is 23.0 Å². The minimum Gasteiger partial charge on any atom is -0.506 e. The van der Waals surface area contributed by atoms with Gasteiger partial charge in [-0.05, 0) is 48.4 Å². The highest BCUT2D eigenvalue weighted by atomic mass is 35.5. The first-order valence-corrected chi connectivity index (χ1v) is 8.19. The number of anilines is 1. The van der Waals surface area contributed by atoms with E-state index in [1.54, 1.807) is 19.1 Å². The molecule has 1 fully saturated rings. The highest BCUT2D eigenvalue weighted by Gasteiger charge is 2.36. The average Bonchev–Trinajstić information content (AvgIpc) is 2.57. The van der Waals surface area contributed by atoms with Gasteiger partial charge in [0.1, 0.15) is 11.3 Å². The summed E-state index contributed by atoms with van der Waals surface area (Å²) in [6.07, 6.45) is 1.29.